The Morgan fingerprint density at radius 1 is 1.31 bits per heavy atom. The van der Waals surface area contributed by atoms with Crippen LogP contribution < -0.4 is 10.5 Å². The molecule has 0 aliphatic heterocycles. The lowest BCUT2D eigenvalue weighted by molar-refractivity contribution is -0.140. The Balaban J connectivity index is 0.00000243. The van der Waals surface area contributed by atoms with E-state index in [2.05, 4.69) is 19.9 Å². The standard InChI is InChI=1S/C21H32N2O2.ClH/c1-4-23(14(2)15-7-6-10-19(13-15)25-3)21(24)18-11-16-8-5-9-17(12-18)20(16)22;/h6-7,10,13-14,16-18,20H,4-5,8-9,11-12,22H2,1-3H3;1H. The predicted octanol–water partition coefficient (Wildman–Crippen LogP) is 4.18. The highest BCUT2D eigenvalue weighted by Crippen LogP contribution is 2.43. The monoisotopic (exact) mass is 380 g/mol. The summed E-state index contributed by atoms with van der Waals surface area (Å²) in [6.45, 7) is 4.92. The van der Waals surface area contributed by atoms with E-state index in [1.807, 2.05) is 23.1 Å². The number of carbonyl (C=O) groups is 1. The average Bonchev–Trinajstić information content (AvgIpc) is 2.62. The molecule has 2 fully saturated rings. The van der Waals surface area contributed by atoms with E-state index in [0.717, 1.165) is 30.7 Å². The van der Waals surface area contributed by atoms with Crippen LogP contribution in [0.5, 0.6) is 5.75 Å². The highest BCUT2D eigenvalue weighted by molar-refractivity contribution is 5.85. The number of carbonyl (C=O) groups excluding carboxylic acids is 1. The van der Waals surface area contributed by atoms with Crippen molar-refractivity contribution in [1.29, 1.82) is 0 Å². The summed E-state index contributed by atoms with van der Waals surface area (Å²) in [5, 5.41) is 0. The van der Waals surface area contributed by atoms with Crippen LogP contribution in [0.1, 0.15) is 57.6 Å². The van der Waals surface area contributed by atoms with E-state index < -0.39 is 0 Å². The molecule has 0 spiro atoms. The van der Waals surface area contributed by atoms with Crippen molar-refractivity contribution in [2.75, 3.05) is 13.7 Å². The molecule has 0 heterocycles. The van der Waals surface area contributed by atoms with Crippen LogP contribution >= 0.6 is 12.4 Å². The van der Waals surface area contributed by atoms with Gasteiger partial charge in [-0.2, -0.15) is 0 Å². The first-order valence-corrected chi connectivity index (χ1v) is 9.75. The third-order valence-corrected chi connectivity index (χ3v) is 6.43. The molecule has 2 aliphatic rings. The van der Waals surface area contributed by atoms with Crippen molar-refractivity contribution in [3.63, 3.8) is 0 Å². The van der Waals surface area contributed by atoms with Gasteiger partial charge in [-0.25, -0.2) is 0 Å². The van der Waals surface area contributed by atoms with E-state index in [0.29, 0.717) is 23.8 Å². The summed E-state index contributed by atoms with van der Waals surface area (Å²) in [5.41, 5.74) is 7.53. The molecule has 0 aromatic heterocycles. The van der Waals surface area contributed by atoms with E-state index >= 15 is 0 Å². The lowest BCUT2D eigenvalue weighted by Crippen LogP contribution is -2.50. The number of nitrogens with zero attached hydrogens (tertiary/aromatic N) is 1. The highest BCUT2D eigenvalue weighted by Gasteiger charge is 2.42. The summed E-state index contributed by atoms with van der Waals surface area (Å²) < 4.78 is 5.34. The SMILES string of the molecule is CCN(C(=O)C1CC2CCCC(C1)C2N)C(C)c1cccc(OC)c1.Cl. The van der Waals surface area contributed by atoms with Crippen molar-refractivity contribution < 1.29 is 9.53 Å². The summed E-state index contributed by atoms with van der Waals surface area (Å²) in [6, 6.07) is 8.41. The van der Waals surface area contributed by atoms with Crippen LogP contribution in [0.4, 0.5) is 0 Å². The molecule has 4 nitrogen and oxygen atoms in total. The van der Waals surface area contributed by atoms with Gasteiger partial charge in [0.1, 0.15) is 5.75 Å². The van der Waals surface area contributed by atoms with Crippen molar-refractivity contribution in [2.24, 2.45) is 23.5 Å². The number of ether oxygens (including phenoxy) is 1. The van der Waals surface area contributed by atoms with Gasteiger partial charge in [-0.15, -0.1) is 12.4 Å². The lowest BCUT2D eigenvalue weighted by atomic mass is 9.65. The molecule has 2 aliphatic carbocycles. The first kappa shape index (κ1) is 21.0. The number of fused-ring (bicyclic) bond motifs is 2. The summed E-state index contributed by atoms with van der Waals surface area (Å²) >= 11 is 0. The Bertz CT molecular complexity index is 595. The van der Waals surface area contributed by atoms with Crippen LogP contribution in [-0.4, -0.2) is 30.5 Å². The molecule has 1 amide bonds. The van der Waals surface area contributed by atoms with Gasteiger partial charge in [0, 0.05) is 18.5 Å². The van der Waals surface area contributed by atoms with E-state index in [9.17, 15) is 4.79 Å². The molecule has 2 bridgehead atoms. The van der Waals surface area contributed by atoms with Crippen LogP contribution in [0.3, 0.4) is 0 Å². The molecule has 3 rings (SSSR count). The molecular formula is C21H33ClN2O2. The van der Waals surface area contributed by atoms with Crippen molar-refractivity contribution >= 4 is 18.3 Å². The maximum absolute atomic E-state index is 13.3. The maximum Gasteiger partial charge on any atom is 0.226 e. The minimum Gasteiger partial charge on any atom is -0.497 e. The predicted molar refractivity (Wildman–Crippen MR) is 108 cm³/mol. The Labute approximate surface area is 163 Å². The molecule has 1 aromatic rings. The van der Waals surface area contributed by atoms with Gasteiger partial charge >= 0.3 is 0 Å². The number of amides is 1. The third kappa shape index (κ3) is 4.17. The first-order valence-electron chi connectivity index (χ1n) is 9.75. The summed E-state index contributed by atoms with van der Waals surface area (Å²) in [4.78, 5) is 15.3. The Hall–Kier alpha value is -1.26. The van der Waals surface area contributed by atoms with E-state index in [4.69, 9.17) is 10.5 Å². The fraction of sp³-hybridized carbons (Fsp3) is 0.667. The van der Waals surface area contributed by atoms with Gasteiger partial charge in [-0.05, 0) is 69.1 Å². The zero-order valence-corrected chi connectivity index (χ0v) is 17.0. The maximum atomic E-state index is 13.3. The lowest BCUT2D eigenvalue weighted by Gasteiger charge is -2.45. The van der Waals surface area contributed by atoms with Crippen molar-refractivity contribution in [3.8, 4) is 5.75 Å². The highest BCUT2D eigenvalue weighted by atomic mass is 35.5. The minimum atomic E-state index is 0. The van der Waals surface area contributed by atoms with Gasteiger partial charge in [-0.1, -0.05) is 18.6 Å². The van der Waals surface area contributed by atoms with Gasteiger partial charge in [0.05, 0.1) is 13.2 Å². The number of hydrogen-bond donors (Lipinski definition) is 1. The average molecular weight is 381 g/mol. The number of rotatable bonds is 5. The molecule has 2 N–H and O–H groups in total. The molecule has 2 saturated carbocycles. The number of hydrogen-bond acceptors (Lipinski definition) is 3. The third-order valence-electron chi connectivity index (χ3n) is 6.43. The van der Waals surface area contributed by atoms with Crippen molar-refractivity contribution in [1.82, 2.24) is 4.90 Å². The Morgan fingerprint density at radius 2 is 1.96 bits per heavy atom. The van der Waals surface area contributed by atoms with Gasteiger partial charge in [-0.3, -0.25) is 4.79 Å². The number of nitrogens with two attached hydrogens (primary N) is 1. The fourth-order valence-corrected chi connectivity index (χ4v) is 4.93. The number of benzene rings is 1. The zero-order valence-electron chi connectivity index (χ0n) is 16.2. The molecule has 0 saturated heterocycles. The molecule has 1 aromatic carbocycles. The molecule has 26 heavy (non-hydrogen) atoms. The van der Waals surface area contributed by atoms with E-state index in [1.54, 1.807) is 7.11 Å². The van der Waals surface area contributed by atoms with Crippen LogP contribution in [0, 0.1) is 17.8 Å². The Morgan fingerprint density at radius 3 is 2.54 bits per heavy atom. The summed E-state index contributed by atoms with van der Waals surface area (Å²) in [7, 11) is 1.68. The number of halogens is 1. The second kappa shape index (κ2) is 9.09. The molecular weight excluding hydrogens is 348 g/mol. The smallest absolute Gasteiger partial charge is 0.226 e. The van der Waals surface area contributed by atoms with Crippen LogP contribution in [0.2, 0.25) is 0 Å². The molecule has 3 unspecified atom stereocenters. The van der Waals surface area contributed by atoms with Gasteiger partial charge in [0.25, 0.3) is 0 Å². The topological polar surface area (TPSA) is 55.6 Å². The fourth-order valence-electron chi connectivity index (χ4n) is 4.93. The second-order valence-electron chi connectivity index (χ2n) is 7.77. The molecule has 0 radical (unpaired) electrons. The zero-order chi connectivity index (χ0) is 18.0. The van der Waals surface area contributed by atoms with Crippen LogP contribution in [-0.2, 0) is 4.79 Å². The van der Waals surface area contributed by atoms with Crippen LogP contribution in [0.15, 0.2) is 24.3 Å². The minimum absolute atomic E-state index is 0. The van der Waals surface area contributed by atoms with Crippen LogP contribution in [0.25, 0.3) is 0 Å². The molecule has 146 valence electrons. The largest absolute Gasteiger partial charge is 0.497 e. The Kier molecular flexibility index (Phi) is 7.36. The normalized spacial score (nSPS) is 28.6. The van der Waals surface area contributed by atoms with Gasteiger partial charge < -0.3 is 15.4 Å². The van der Waals surface area contributed by atoms with Crippen molar-refractivity contribution in [2.45, 2.75) is 58.0 Å². The second-order valence-corrected chi connectivity index (χ2v) is 7.77. The van der Waals surface area contributed by atoms with Gasteiger partial charge in [0.15, 0.2) is 0 Å². The molecule has 3 atom stereocenters. The summed E-state index contributed by atoms with van der Waals surface area (Å²) in [6.07, 6.45) is 5.61. The molecule has 5 heteroatoms. The summed E-state index contributed by atoms with van der Waals surface area (Å²) in [5.74, 6) is 2.36. The van der Waals surface area contributed by atoms with E-state index in [-0.39, 0.29) is 24.4 Å². The number of methoxy groups -OCH3 is 1. The van der Waals surface area contributed by atoms with Crippen molar-refractivity contribution in [3.05, 3.63) is 29.8 Å². The van der Waals surface area contributed by atoms with E-state index in [1.165, 1.54) is 19.3 Å². The first-order chi connectivity index (χ1) is 12.0. The van der Waals surface area contributed by atoms with Gasteiger partial charge in [0.2, 0.25) is 5.91 Å². The quantitative estimate of drug-likeness (QED) is 0.833.